The number of amides is 1. The minimum Gasteiger partial charge on any atom is -0.480 e. The number of carboxylic acids is 1. The first kappa shape index (κ1) is 16.2. The van der Waals surface area contributed by atoms with Crippen LogP contribution < -0.4 is 10.2 Å². The first-order valence-electron chi connectivity index (χ1n) is 7.96. The molecular weight excluding hydrogens is 304 g/mol. The Hall–Kier alpha value is -2.66. The summed E-state index contributed by atoms with van der Waals surface area (Å²) in [6.07, 6.45) is 1.25. The van der Waals surface area contributed by atoms with E-state index in [1.54, 1.807) is 24.1 Å². The predicted molar refractivity (Wildman–Crippen MR) is 91.8 cm³/mol. The Balaban J connectivity index is 1.74. The number of carbonyl (C=O) groups is 2. The van der Waals surface area contributed by atoms with Crippen LogP contribution in [-0.4, -0.2) is 24.0 Å². The van der Waals surface area contributed by atoms with Gasteiger partial charge in [0, 0.05) is 25.7 Å². The van der Waals surface area contributed by atoms with Crippen molar-refractivity contribution >= 4 is 17.6 Å². The third kappa shape index (κ3) is 3.31. The maximum Gasteiger partial charge on any atom is 0.325 e. The normalized spacial score (nSPS) is 15.0. The van der Waals surface area contributed by atoms with E-state index in [4.69, 9.17) is 0 Å². The summed E-state index contributed by atoms with van der Waals surface area (Å²) in [4.78, 5) is 24.9. The number of benzene rings is 2. The van der Waals surface area contributed by atoms with Crippen LogP contribution in [0.3, 0.4) is 0 Å². The average molecular weight is 324 g/mol. The summed E-state index contributed by atoms with van der Waals surface area (Å²) >= 11 is 0. The van der Waals surface area contributed by atoms with Gasteiger partial charge in [0.15, 0.2) is 0 Å². The van der Waals surface area contributed by atoms with E-state index in [0.29, 0.717) is 13.0 Å². The molecule has 1 amide bonds. The lowest BCUT2D eigenvalue weighted by Gasteiger charge is -2.26. The first-order valence-corrected chi connectivity index (χ1v) is 7.96. The van der Waals surface area contributed by atoms with Crippen LogP contribution in [0.15, 0.2) is 48.5 Å². The molecule has 0 saturated carbocycles. The van der Waals surface area contributed by atoms with E-state index in [1.165, 1.54) is 0 Å². The average Bonchev–Trinajstić information content (AvgIpc) is 2.59. The standard InChI is InChI=1S/C19H20N2O3/c1-21-16-9-7-13(11-15(16)8-10-17(21)22)12-20-18(19(23)24)14-5-3-2-4-6-14/h2-7,9,11,18,20H,8,10,12H2,1H3,(H,23,24)/t18-/m1/s1. The van der Waals surface area contributed by atoms with E-state index in [2.05, 4.69) is 11.4 Å². The molecule has 1 atom stereocenters. The Morgan fingerprint density at radius 1 is 1.21 bits per heavy atom. The van der Waals surface area contributed by atoms with Crippen LogP contribution in [-0.2, 0) is 22.6 Å². The third-order valence-corrected chi connectivity index (χ3v) is 4.38. The molecule has 1 aliphatic rings. The van der Waals surface area contributed by atoms with Gasteiger partial charge >= 0.3 is 5.97 Å². The lowest BCUT2D eigenvalue weighted by molar-refractivity contribution is -0.139. The molecule has 1 aliphatic heterocycles. The molecule has 0 saturated heterocycles. The zero-order valence-electron chi connectivity index (χ0n) is 13.5. The topological polar surface area (TPSA) is 69.6 Å². The number of aliphatic carboxylic acids is 1. The Morgan fingerprint density at radius 3 is 2.67 bits per heavy atom. The number of nitrogens with one attached hydrogen (secondary N) is 1. The summed E-state index contributed by atoms with van der Waals surface area (Å²) in [5.74, 6) is -0.770. The quantitative estimate of drug-likeness (QED) is 0.887. The van der Waals surface area contributed by atoms with E-state index < -0.39 is 12.0 Å². The summed E-state index contributed by atoms with van der Waals surface area (Å²) < 4.78 is 0. The molecule has 0 bridgehead atoms. The number of anilines is 1. The second kappa shape index (κ2) is 6.84. The minimum atomic E-state index is -0.899. The van der Waals surface area contributed by atoms with Crippen LogP contribution in [0.4, 0.5) is 5.69 Å². The fourth-order valence-corrected chi connectivity index (χ4v) is 3.03. The summed E-state index contributed by atoms with van der Waals surface area (Å²) in [6, 6.07) is 14.3. The van der Waals surface area contributed by atoms with Crippen molar-refractivity contribution in [3.05, 3.63) is 65.2 Å². The number of aryl methyl sites for hydroxylation is 1. The van der Waals surface area contributed by atoms with Gasteiger partial charge in [0.25, 0.3) is 0 Å². The van der Waals surface area contributed by atoms with Gasteiger partial charge in [0.2, 0.25) is 5.91 Å². The zero-order chi connectivity index (χ0) is 17.1. The largest absolute Gasteiger partial charge is 0.480 e. The second-order valence-corrected chi connectivity index (χ2v) is 5.98. The lowest BCUT2D eigenvalue weighted by atomic mass is 9.99. The summed E-state index contributed by atoms with van der Waals surface area (Å²) in [5, 5.41) is 12.6. The highest BCUT2D eigenvalue weighted by Crippen LogP contribution is 2.27. The highest BCUT2D eigenvalue weighted by molar-refractivity contribution is 5.95. The van der Waals surface area contributed by atoms with Gasteiger partial charge in [-0.3, -0.25) is 14.9 Å². The number of fused-ring (bicyclic) bond motifs is 1. The van der Waals surface area contributed by atoms with E-state index in [0.717, 1.165) is 28.8 Å². The predicted octanol–water partition coefficient (Wildman–Crippen LogP) is 2.51. The van der Waals surface area contributed by atoms with Gasteiger partial charge in [0.1, 0.15) is 6.04 Å². The van der Waals surface area contributed by atoms with Crippen LogP contribution in [0.25, 0.3) is 0 Å². The maximum atomic E-state index is 11.7. The highest BCUT2D eigenvalue weighted by atomic mass is 16.4. The van der Waals surface area contributed by atoms with Gasteiger partial charge in [-0.2, -0.15) is 0 Å². The van der Waals surface area contributed by atoms with Crippen molar-refractivity contribution in [3.63, 3.8) is 0 Å². The van der Waals surface area contributed by atoms with E-state index >= 15 is 0 Å². The fourth-order valence-electron chi connectivity index (χ4n) is 3.03. The summed E-state index contributed by atoms with van der Waals surface area (Å²) in [7, 11) is 1.79. The van der Waals surface area contributed by atoms with E-state index in [9.17, 15) is 14.7 Å². The molecule has 0 spiro atoms. The van der Waals surface area contributed by atoms with Gasteiger partial charge in [-0.15, -0.1) is 0 Å². The number of nitrogens with zero attached hydrogens (tertiary/aromatic N) is 1. The third-order valence-electron chi connectivity index (χ3n) is 4.38. The van der Waals surface area contributed by atoms with Gasteiger partial charge < -0.3 is 10.0 Å². The van der Waals surface area contributed by atoms with Crippen LogP contribution in [0, 0.1) is 0 Å². The molecular formula is C19H20N2O3. The Morgan fingerprint density at radius 2 is 1.96 bits per heavy atom. The Labute approximate surface area is 140 Å². The molecule has 0 unspecified atom stereocenters. The van der Waals surface area contributed by atoms with Crippen molar-refractivity contribution in [3.8, 4) is 0 Å². The van der Waals surface area contributed by atoms with E-state index in [-0.39, 0.29) is 5.91 Å². The fraction of sp³-hybridized carbons (Fsp3) is 0.263. The zero-order valence-corrected chi connectivity index (χ0v) is 13.5. The molecule has 0 fully saturated rings. The molecule has 0 aromatic heterocycles. The number of rotatable bonds is 5. The van der Waals surface area contributed by atoms with Gasteiger partial charge in [-0.05, 0) is 29.2 Å². The number of carbonyl (C=O) groups excluding carboxylic acids is 1. The first-order chi connectivity index (χ1) is 11.6. The SMILES string of the molecule is CN1C(=O)CCc2cc(CN[C@@H](C(=O)O)c3ccccc3)ccc21. The molecule has 0 aliphatic carbocycles. The van der Waals surface area contributed by atoms with Gasteiger partial charge in [0.05, 0.1) is 0 Å². The molecule has 5 nitrogen and oxygen atoms in total. The van der Waals surface area contributed by atoms with Crippen molar-refractivity contribution in [2.75, 3.05) is 11.9 Å². The minimum absolute atomic E-state index is 0.128. The monoisotopic (exact) mass is 324 g/mol. The van der Waals surface area contributed by atoms with Gasteiger partial charge in [-0.1, -0.05) is 42.5 Å². The summed E-state index contributed by atoms with van der Waals surface area (Å²) in [6.45, 7) is 0.455. The molecule has 24 heavy (non-hydrogen) atoms. The lowest BCUT2D eigenvalue weighted by Crippen LogP contribution is -2.31. The van der Waals surface area contributed by atoms with Crippen molar-refractivity contribution in [2.45, 2.75) is 25.4 Å². The molecule has 3 rings (SSSR count). The highest BCUT2D eigenvalue weighted by Gasteiger charge is 2.22. The maximum absolute atomic E-state index is 11.7. The number of hydrogen-bond acceptors (Lipinski definition) is 3. The van der Waals surface area contributed by atoms with Crippen molar-refractivity contribution in [1.82, 2.24) is 5.32 Å². The molecule has 1 heterocycles. The Kier molecular flexibility index (Phi) is 4.62. The molecule has 5 heteroatoms. The molecule has 124 valence electrons. The summed E-state index contributed by atoms with van der Waals surface area (Å²) in [5.41, 5.74) is 3.81. The van der Waals surface area contributed by atoms with Crippen LogP contribution in [0.1, 0.15) is 29.2 Å². The Bertz CT molecular complexity index is 758. The smallest absolute Gasteiger partial charge is 0.325 e. The number of hydrogen-bond donors (Lipinski definition) is 2. The van der Waals surface area contributed by atoms with E-state index in [1.807, 2.05) is 30.3 Å². The van der Waals surface area contributed by atoms with Crippen molar-refractivity contribution in [1.29, 1.82) is 0 Å². The van der Waals surface area contributed by atoms with Crippen molar-refractivity contribution < 1.29 is 14.7 Å². The van der Waals surface area contributed by atoms with Gasteiger partial charge in [-0.25, -0.2) is 0 Å². The molecule has 2 aromatic carbocycles. The molecule has 0 radical (unpaired) electrons. The number of carboxylic acid groups (broad SMARTS) is 1. The molecule has 2 aromatic rings. The van der Waals surface area contributed by atoms with Crippen LogP contribution in [0.5, 0.6) is 0 Å². The second-order valence-electron chi connectivity index (χ2n) is 5.98. The van der Waals surface area contributed by atoms with Crippen molar-refractivity contribution in [2.24, 2.45) is 0 Å². The van der Waals surface area contributed by atoms with Crippen LogP contribution in [0.2, 0.25) is 0 Å². The molecule has 2 N–H and O–H groups in total. The van der Waals surface area contributed by atoms with Crippen LogP contribution >= 0.6 is 0 Å².